The number of benzene rings is 2. The van der Waals surface area contributed by atoms with E-state index in [0.29, 0.717) is 17.4 Å². The second-order valence-electron chi connectivity index (χ2n) is 7.89. The molecule has 1 heterocycles. The van der Waals surface area contributed by atoms with Gasteiger partial charge in [-0.05, 0) is 40.2 Å². The van der Waals surface area contributed by atoms with Crippen molar-refractivity contribution >= 4 is 58.6 Å². The van der Waals surface area contributed by atoms with Crippen LogP contribution in [0.15, 0.2) is 46.0 Å². The van der Waals surface area contributed by atoms with Crippen LogP contribution >= 0.6 is 11.6 Å². The van der Waals surface area contributed by atoms with Gasteiger partial charge in [0.15, 0.2) is 0 Å². The first-order valence-corrected chi connectivity index (χ1v) is 11.5. The normalized spacial score (nSPS) is 12.2. The molecular weight excluding hydrogens is 509 g/mol. The topological polar surface area (TPSA) is 219 Å². The molecule has 0 spiro atoms. The van der Waals surface area contributed by atoms with E-state index in [1.165, 1.54) is 18.2 Å². The molecule has 0 bridgehead atoms. The molecule has 0 radical (unpaired) electrons. The van der Waals surface area contributed by atoms with E-state index in [1.54, 1.807) is 12.1 Å². The first-order chi connectivity index (χ1) is 17.7. The van der Waals surface area contributed by atoms with E-state index in [4.69, 9.17) is 17.3 Å². The van der Waals surface area contributed by atoms with Crippen molar-refractivity contribution < 1.29 is 29.2 Å². The Balaban J connectivity index is 1.74. The average molecular weight is 532 g/mol. The fraction of sp³-hybridized carbons (Fsp3) is 0.286. The Morgan fingerprint density at radius 2 is 1.97 bits per heavy atom. The monoisotopic (exact) mass is 531 g/mol. The third kappa shape index (κ3) is 7.46. The van der Waals surface area contributed by atoms with Gasteiger partial charge >= 0.3 is 12.8 Å². The molecule has 3 rings (SSSR count). The van der Waals surface area contributed by atoms with Crippen LogP contribution in [-0.4, -0.2) is 68.5 Å². The number of hydrogen-bond donors (Lipinski definition) is 5. The van der Waals surface area contributed by atoms with Gasteiger partial charge in [0.05, 0.1) is 10.8 Å². The SMILES string of the molecule is NC(CCl)=NCCC[C@H](NC(=O)c1cc([N+](=O)[O-])c2nonc2c1)C(=O)NCc1ccc(B(O)O)cc1. The largest absolute Gasteiger partial charge is 0.488 e. The van der Waals surface area contributed by atoms with Crippen LogP contribution in [0, 0.1) is 10.1 Å². The first-order valence-electron chi connectivity index (χ1n) is 11.0. The number of fused-ring (bicyclic) bond motifs is 1. The van der Waals surface area contributed by atoms with Crippen LogP contribution in [0.4, 0.5) is 5.69 Å². The van der Waals surface area contributed by atoms with E-state index in [-0.39, 0.29) is 47.8 Å². The Morgan fingerprint density at radius 1 is 1.24 bits per heavy atom. The summed E-state index contributed by atoms with van der Waals surface area (Å²) in [6.07, 6.45) is 0.563. The Morgan fingerprint density at radius 3 is 2.62 bits per heavy atom. The molecule has 0 aliphatic carbocycles. The number of non-ortho nitro benzene ring substituents is 1. The van der Waals surface area contributed by atoms with Crippen molar-refractivity contribution in [2.45, 2.75) is 25.4 Å². The number of carbonyl (C=O) groups excluding carboxylic acids is 2. The van der Waals surface area contributed by atoms with Gasteiger partial charge < -0.3 is 26.4 Å². The van der Waals surface area contributed by atoms with Gasteiger partial charge in [0, 0.05) is 24.7 Å². The van der Waals surface area contributed by atoms with E-state index in [2.05, 4.69) is 30.6 Å². The van der Waals surface area contributed by atoms with Crippen LogP contribution in [0.2, 0.25) is 0 Å². The number of rotatable bonds is 12. The summed E-state index contributed by atoms with van der Waals surface area (Å²) in [6, 6.07) is 7.53. The number of hydrogen-bond acceptors (Lipinski definition) is 10. The third-order valence-electron chi connectivity index (χ3n) is 5.27. The third-order valence-corrected chi connectivity index (χ3v) is 5.54. The summed E-state index contributed by atoms with van der Waals surface area (Å²) in [5.41, 5.74) is 5.91. The van der Waals surface area contributed by atoms with Crippen molar-refractivity contribution in [2.24, 2.45) is 10.7 Å². The number of nitrogens with one attached hydrogen (secondary N) is 2. The number of amidine groups is 1. The Kier molecular flexibility index (Phi) is 9.48. The van der Waals surface area contributed by atoms with Gasteiger partial charge in [-0.1, -0.05) is 24.3 Å². The van der Waals surface area contributed by atoms with E-state index in [9.17, 15) is 29.8 Å². The lowest BCUT2D eigenvalue weighted by atomic mass is 9.80. The maximum absolute atomic E-state index is 13.0. The predicted molar refractivity (Wildman–Crippen MR) is 134 cm³/mol. The van der Waals surface area contributed by atoms with E-state index < -0.39 is 35.6 Å². The smallest absolute Gasteiger partial charge is 0.423 e. The van der Waals surface area contributed by atoms with Crippen molar-refractivity contribution in [2.75, 3.05) is 12.4 Å². The molecule has 0 fully saturated rings. The zero-order chi connectivity index (χ0) is 26.9. The molecule has 0 saturated heterocycles. The number of nitrogens with zero attached hydrogens (tertiary/aromatic N) is 4. The highest BCUT2D eigenvalue weighted by atomic mass is 35.5. The van der Waals surface area contributed by atoms with Gasteiger partial charge in [0.2, 0.25) is 11.4 Å². The minimum atomic E-state index is -1.61. The van der Waals surface area contributed by atoms with Crippen LogP contribution < -0.4 is 21.8 Å². The second kappa shape index (κ2) is 12.8. The molecule has 0 aliphatic rings. The molecule has 37 heavy (non-hydrogen) atoms. The molecule has 2 aromatic carbocycles. The number of alkyl halides is 1. The van der Waals surface area contributed by atoms with Gasteiger partial charge in [0.25, 0.3) is 5.91 Å². The van der Waals surface area contributed by atoms with Crippen molar-refractivity contribution in [3.63, 3.8) is 0 Å². The molecule has 194 valence electrons. The molecular formula is C21H23BClN7O7. The zero-order valence-electron chi connectivity index (χ0n) is 19.3. The van der Waals surface area contributed by atoms with Crippen molar-refractivity contribution in [3.8, 4) is 0 Å². The molecule has 16 heteroatoms. The van der Waals surface area contributed by atoms with Gasteiger partial charge in [-0.2, -0.15) is 0 Å². The molecule has 14 nitrogen and oxygen atoms in total. The molecule has 0 saturated carbocycles. The van der Waals surface area contributed by atoms with Gasteiger partial charge in [-0.15, -0.1) is 11.6 Å². The Bertz CT molecular complexity index is 1300. The quantitative estimate of drug-likeness (QED) is 0.0387. The Hall–Kier alpha value is -4.08. The maximum Gasteiger partial charge on any atom is 0.488 e. The second-order valence-corrected chi connectivity index (χ2v) is 8.16. The van der Waals surface area contributed by atoms with Crippen LogP contribution in [0.5, 0.6) is 0 Å². The van der Waals surface area contributed by atoms with Crippen LogP contribution in [0.3, 0.4) is 0 Å². The summed E-state index contributed by atoms with van der Waals surface area (Å²) >= 11 is 5.61. The number of nitro benzene ring substituents is 1. The van der Waals surface area contributed by atoms with Crippen LogP contribution in [0.25, 0.3) is 11.0 Å². The summed E-state index contributed by atoms with van der Waals surface area (Å²) in [5.74, 6) is -0.943. The number of carbonyl (C=O) groups is 2. The lowest BCUT2D eigenvalue weighted by molar-refractivity contribution is -0.383. The summed E-state index contributed by atoms with van der Waals surface area (Å²) in [4.78, 5) is 40.7. The molecule has 2 amide bonds. The number of aliphatic imine (C=N–C) groups is 1. The van der Waals surface area contributed by atoms with Crippen molar-refractivity contribution in [1.29, 1.82) is 0 Å². The van der Waals surface area contributed by atoms with Crippen molar-refractivity contribution in [3.05, 3.63) is 57.6 Å². The predicted octanol–water partition coefficient (Wildman–Crippen LogP) is -0.398. The van der Waals surface area contributed by atoms with Crippen LogP contribution in [-0.2, 0) is 11.3 Å². The zero-order valence-corrected chi connectivity index (χ0v) is 20.1. The Labute approximate surface area is 215 Å². The minimum Gasteiger partial charge on any atom is -0.423 e. The molecule has 6 N–H and O–H groups in total. The number of nitro groups is 1. The van der Waals surface area contributed by atoms with E-state index in [0.717, 1.165) is 6.07 Å². The number of aromatic nitrogens is 2. The van der Waals surface area contributed by atoms with Gasteiger partial charge in [-0.25, -0.2) is 4.63 Å². The number of halogens is 1. The first kappa shape index (κ1) is 27.5. The lowest BCUT2D eigenvalue weighted by Gasteiger charge is -2.18. The van der Waals surface area contributed by atoms with E-state index >= 15 is 0 Å². The fourth-order valence-electron chi connectivity index (χ4n) is 3.33. The minimum absolute atomic E-state index is 0.0164. The highest BCUT2D eigenvalue weighted by Crippen LogP contribution is 2.24. The average Bonchev–Trinajstić information content (AvgIpc) is 3.37. The maximum atomic E-state index is 13.0. The summed E-state index contributed by atoms with van der Waals surface area (Å²) in [6.45, 7) is 0.373. The molecule has 1 aromatic heterocycles. The fourth-order valence-corrected chi connectivity index (χ4v) is 3.42. The summed E-state index contributed by atoms with van der Waals surface area (Å²) < 4.78 is 4.54. The lowest BCUT2D eigenvalue weighted by Crippen LogP contribution is -2.46. The highest BCUT2D eigenvalue weighted by Gasteiger charge is 2.25. The van der Waals surface area contributed by atoms with Gasteiger partial charge in [0.1, 0.15) is 17.4 Å². The molecule has 0 unspecified atom stereocenters. The molecule has 1 atom stereocenters. The molecule has 3 aromatic rings. The summed E-state index contributed by atoms with van der Waals surface area (Å²) in [5, 5.41) is 42.2. The van der Waals surface area contributed by atoms with E-state index in [1.807, 2.05) is 0 Å². The number of nitrogens with two attached hydrogens (primary N) is 1. The van der Waals surface area contributed by atoms with Crippen molar-refractivity contribution in [1.82, 2.24) is 20.9 Å². The molecule has 0 aliphatic heterocycles. The summed E-state index contributed by atoms with van der Waals surface area (Å²) in [7, 11) is -1.61. The standard InChI is InChI=1S/C21H23BClN7O7/c23-10-18(24)25-7-1-2-15(21(32)26-11-12-3-5-14(6-4-12)22(33)34)27-20(31)13-8-16-19(29-37-28-16)17(9-13)30(35)36/h3-6,8-9,15,33-34H,1-2,7,10-11H2,(H2,24,25)(H,26,32)(H,27,31)/t15-/m0/s1. The number of amides is 2. The van der Waals surface area contributed by atoms with Crippen LogP contribution in [0.1, 0.15) is 28.8 Å². The highest BCUT2D eigenvalue weighted by molar-refractivity contribution is 6.58. The van der Waals surface area contributed by atoms with Gasteiger partial charge in [-0.3, -0.25) is 24.7 Å².